The van der Waals surface area contributed by atoms with Gasteiger partial charge in [-0.15, -0.1) is 0 Å². The van der Waals surface area contributed by atoms with Gasteiger partial charge in [-0.2, -0.15) is 0 Å². The quantitative estimate of drug-likeness (QED) is 0.436. The second kappa shape index (κ2) is 1.81. The Bertz CT molecular complexity index is 118. The van der Waals surface area contributed by atoms with Crippen LogP contribution in [0.3, 0.4) is 0 Å². The van der Waals surface area contributed by atoms with E-state index >= 15 is 0 Å². The summed E-state index contributed by atoms with van der Waals surface area (Å²) in [4.78, 5) is 20.5. The van der Waals surface area contributed by atoms with Gasteiger partial charge in [0, 0.05) is 13.0 Å². The van der Waals surface area contributed by atoms with Crippen molar-refractivity contribution in [3.05, 3.63) is 0 Å². The Kier molecular flexibility index (Phi) is 1.15. The van der Waals surface area contributed by atoms with Crippen LogP contribution in [0.4, 0.5) is 4.79 Å². The molecule has 0 saturated carbocycles. The predicted octanol–water partition coefficient (Wildman–Crippen LogP) is -0.784. The van der Waals surface area contributed by atoms with Gasteiger partial charge in [0.2, 0.25) is 5.91 Å². The van der Waals surface area contributed by atoms with Crippen molar-refractivity contribution in [3.63, 3.8) is 0 Å². The van der Waals surface area contributed by atoms with Crippen LogP contribution in [0, 0.1) is 0 Å². The van der Waals surface area contributed by atoms with Crippen LogP contribution in [0.5, 0.6) is 0 Å². The molecule has 0 unspecified atom stereocenters. The van der Waals surface area contributed by atoms with Gasteiger partial charge in [-0.25, -0.2) is 4.79 Å². The Morgan fingerprint density at radius 2 is 2.38 bits per heavy atom. The standard InChI is InChI=1S/C4H6N2O2/c7-3-1-2-5-4(8)6-3/h1-2H2,(H2,5,6,7,8)/i4+2. The summed E-state index contributed by atoms with van der Waals surface area (Å²) >= 11 is 0. The smallest absolute Gasteiger partial charge is 0.321 e. The van der Waals surface area contributed by atoms with E-state index in [4.69, 9.17) is 0 Å². The fraction of sp³-hybridized carbons (Fsp3) is 0.500. The molecule has 0 aromatic rings. The highest BCUT2D eigenvalue weighted by Gasteiger charge is 2.11. The molecule has 2 N–H and O–H groups in total. The Balaban J connectivity index is 2.45. The molecule has 1 rings (SSSR count). The molecule has 0 atom stereocenters. The van der Waals surface area contributed by atoms with E-state index in [9.17, 15) is 9.59 Å². The zero-order valence-corrected chi connectivity index (χ0v) is 4.23. The molecular formula is C4H6N2O2. The Morgan fingerprint density at radius 3 is 2.75 bits per heavy atom. The van der Waals surface area contributed by atoms with E-state index in [1.165, 1.54) is 0 Å². The number of hydrogen-bond donors (Lipinski definition) is 2. The van der Waals surface area contributed by atoms with Crippen LogP contribution in [-0.2, 0) is 4.79 Å². The maximum absolute atomic E-state index is 10.3. The first-order chi connectivity index (χ1) is 3.79. The van der Waals surface area contributed by atoms with Crippen molar-refractivity contribution in [2.45, 2.75) is 6.42 Å². The van der Waals surface area contributed by atoms with Crippen LogP contribution < -0.4 is 10.6 Å². The number of amides is 3. The minimum Gasteiger partial charge on any atom is -0.337 e. The molecule has 0 aliphatic carbocycles. The van der Waals surface area contributed by atoms with Gasteiger partial charge in [0.15, 0.2) is 0 Å². The van der Waals surface area contributed by atoms with Crippen molar-refractivity contribution in [1.82, 2.24) is 10.6 Å². The molecule has 1 saturated heterocycles. The van der Waals surface area contributed by atoms with E-state index in [-0.39, 0.29) is 11.9 Å². The van der Waals surface area contributed by atoms with Crippen LogP contribution in [0.1, 0.15) is 6.42 Å². The number of hydrogen-bond acceptors (Lipinski definition) is 2. The van der Waals surface area contributed by atoms with Gasteiger partial charge >= 0.3 is 6.03 Å². The molecule has 3 amide bonds. The third-order valence-electron chi connectivity index (χ3n) is 0.891. The van der Waals surface area contributed by atoms with Crippen LogP contribution in [0.15, 0.2) is 0 Å². The predicted molar refractivity (Wildman–Crippen MR) is 26.2 cm³/mol. The second-order valence-corrected chi connectivity index (χ2v) is 1.55. The summed E-state index contributed by atoms with van der Waals surface area (Å²) in [6.07, 6.45) is 0.395. The van der Waals surface area contributed by atoms with Crippen molar-refractivity contribution in [2.24, 2.45) is 0 Å². The summed E-state index contributed by atoms with van der Waals surface area (Å²) in [6, 6.07) is -0.388. The first-order valence-electron chi connectivity index (χ1n) is 2.37. The zero-order valence-electron chi connectivity index (χ0n) is 4.23. The lowest BCUT2D eigenvalue weighted by atomic mass is 10.4. The minimum atomic E-state index is -0.388. The molecule has 1 aliphatic heterocycles. The fourth-order valence-corrected chi connectivity index (χ4v) is 0.523. The molecule has 0 aromatic carbocycles. The molecule has 1 aliphatic rings. The van der Waals surface area contributed by atoms with Crippen molar-refractivity contribution in [1.29, 1.82) is 0 Å². The molecular weight excluding hydrogens is 110 g/mol. The van der Waals surface area contributed by atoms with Crippen LogP contribution in [0.2, 0.25) is 0 Å². The topological polar surface area (TPSA) is 58.2 Å². The van der Waals surface area contributed by atoms with Gasteiger partial charge in [0.1, 0.15) is 0 Å². The van der Waals surface area contributed by atoms with Gasteiger partial charge in [-0.3, -0.25) is 10.1 Å². The monoisotopic (exact) mass is 116 g/mol. The number of carbonyl (C=O) groups is 2. The van der Waals surface area contributed by atoms with Gasteiger partial charge in [-0.05, 0) is 0 Å². The second-order valence-electron chi connectivity index (χ2n) is 1.55. The lowest BCUT2D eigenvalue weighted by molar-refractivity contribution is -0.120. The highest BCUT2D eigenvalue weighted by molar-refractivity contribution is 5.96. The van der Waals surface area contributed by atoms with Crippen molar-refractivity contribution < 1.29 is 9.59 Å². The summed E-state index contributed by atoms with van der Waals surface area (Å²) in [5.74, 6) is -0.200. The van der Waals surface area contributed by atoms with E-state index in [1.807, 2.05) is 0 Å². The summed E-state index contributed by atoms with van der Waals surface area (Å²) in [5, 5.41) is 4.53. The Labute approximate surface area is 46.3 Å². The Morgan fingerprint density at radius 1 is 1.62 bits per heavy atom. The average molecular weight is 116 g/mol. The van der Waals surface area contributed by atoms with E-state index in [1.54, 1.807) is 0 Å². The third-order valence-corrected chi connectivity index (χ3v) is 0.891. The summed E-state index contributed by atoms with van der Waals surface area (Å²) < 4.78 is 0. The van der Waals surface area contributed by atoms with Crippen molar-refractivity contribution in [3.8, 4) is 0 Å². The molecule has 0 spiro atoms. The molecule has 44 valence electrons. The van der Waals surface area contributed by atoms with Gasteiger partial charge < -0.3 is 5.32 Å². The minimum absolute atomic E-state index is 0.200. The molecule has 0 aromatic heterocycles. The fourth-order valence-electron chi connectivity index (χ4n) is 0.523. The van der Waals surface area contributed by atoms with Gasteiger partial charge in [-0.1, -0.05) is 0 Å². The number of rotatable bonds is 0. The maximum Gasteiger partial charge on any atom is 0.321 e. The van der Waals surface area contributed by atoms with Crippen LogP contribution in [-0.4, -0.2) is 18.5 Å². The third kappa shape index (κ3) is 0.959. The van der Waals surface area contributed by atoms with Gasteiger partial charge in [0.25, 0.3) is 0 Å². The highest BCUT2D eigenvalue weighted by atomic mass is 16.4. The average Bonchev–Trinajstić information content (AvgIpc) is 1.64. The summed E-state index contributed by atoms with van der Waals surface area (Å²) in [6.45, 7) is 0.463. The highest BCUT2D eigenvalue weighted by Crippen LogP contribution is 1.82. The lowest BCUT2D eigenvalue weighted by Crippen LogP contribution is -2.46. The first-order valence-corrected chi connectivity index (χ1v) is 2.37. The molecule has 4 nitrogen and oxygen atoms in total. The van der Waals surface area contributed by atoms with Crippen LogP contribution >= 0.6 is 0 Å². The lowest BCUT2D eigenvalue weighted by Gasteiger charge is -2.10. The maximum atomic E-state index is 10.3. The van der Waals surface area contributed by atoms with E-state index in [0.29, 0.717) is 13.0 Å². The first kappa shape index (κ1) is 5.08. The number of imide groups is 1. The van der Waals surface area contributed by atoms with Crippen molar-refractivity contribution >= 4 is 11.9 Å². The zero-order chi connectivity index (χ0) is 5.98. The van der Waals surface area contributed by atoms with E-state index < -0.39 is 0 Å². The molecule has 0 bridgehead atoms. The number of nitrogens with one attached hydrogen (secondary N) is 2. The largest absolute Gasteiger partial charge is 0.337 e. The normalized spacial score (nSPS) is 19.5. The number of urea groups is 1. The summed E-state index contributed by atoms with van der Waals surface area (Å²) in [5.41, 5.74) is 0. The van der Waals surface area contributed by atoms with Crippen LogP contribution in [0.25, 0.3) is 0 Å². The SMILES string of the molecule is O=C1CCN[14C](=O)N1. The van der Waals surface area contributed by atoms with Gasteiger partial charge in [0.05, 0.1) is 0 Å². The molecule has 8 heavy (non-hydrogen) atoms. The Hall–Kier alpha value is -1.06. The molecule has 4 heteroatoms. The summed E-state index contributed by atoms with van der Waals surface area (Å²) in [7, 11) is 0. The van der Waals surface area contributed by atoms with Crippen molar-refractivity contribution in [2.75, 3.05) is 6.54 Å². The molecule has 1 heterocycles. The molecule has 0 radical (unpaired) electrons. The molecule has 1 fully saturated rings. The van der Waals surface area contributed by atoms with E-state index in [0.717, 1.165) is 0 Å². The van der Waals surface area contributed by atoms with E-state index in [2.05, 4.69) is 10.6 Å². The number of carbonyl (C=O) groups excluding carboxylic acids is 2.